The highest BCUT2D eigenvalue weighted by Crippen LogP contribution is 2.20. The Morgan fingerprint density at radius 3 is 3.17 bits per heavy atom. The first-order chi connectivity index (χ1) is 8.79. The summed E-state index contributed by atoms with van der Waals surface area (Å²) in [5, 5.41) is 6.88. The van der Waals surface area contributed by atoms with Crippen LogP contribution in [-0.4, -0.2) is 29.0 Å². The Balaban J connectivity index is 1.82. The summed E-state index contributed by atoms with van der Waals surface area (Å²) in [4.78, 5) is 7.30. The topological polar surface area (TPSA) is 28.2 Å². The van der Waals surface area contributed by atoms with Gasteiger partial charge in [0.2, 0.25) is 0 Å². The molecular weight excluding hydrogens is 242 g/mol. The van der Waals surface area contributed by atoms with Gasteiger partial charge in [-0.1, -0.05) is 13.3 Å². The Hall–Kier alpha value is -0.450. The first kappa shape index (κ1) is 14.0. The fourth-order valence-corrected chi connectivity index (χ4v) is 3.28. The fourth-order valence-electron chi connectivity index (χ4n) is 2.46. The van der Waals surface area contributed by atoms with Crippen LogP contribution in [0.15, 0.2) is 5.38 Å². The Morgan fingerprint density at radius 1 is 1.50 bits per heavy atom. The van der Waals surface area contributed by atoms with Crippen LogP contribution in [0.3, 0.4) is 0 Å². The lowest BCUT2D eigenvalue weighted by Crippen LogP contribution is -2.36. The number of piperidine rings is 1. The van der Waals surface area contributed by atoms with E-state index in [-0.39, 0.29) is 0 Å². The summed E-state index contributed by atoms with van der Waals surface area (Å²) in [5.74, 6) is 0. The highest BCUT2D eigenvalue weighted by atomic mass is 32.1. The zero-order valence-corrected chi connectivity index (χ0v) is 12.4. The number of rotatable bonds is 6. The molecular formula is C14H25N3S. The molecule has 1 unspecified atom stereocenters. The van der Waals surface area contributed by atoms with E-state index in [9.17, 15) is 0 Å². The second-order valence-corrected chi connectivity index (χ2v) is 6.17. The summed E-state index contributed by atoms with van der Waals surface area (Å²) >= 11 is 1.81. The van der Waals surface area contributed by atoms with Crippen molar-refractivity contribution >= 4 is 11.3 Å². The van der Waals surface area contributed by atoms with Gasteiger partial charge in [-0.05, 0) is 39.3 Å². The van der Waals surface area contributed by atoms with Crippen molar-refractivity contribution in [1.82, 2.24) is 15.2 Å². The average molecular weight is 267 g/mol. The van der Waals surface area contributed by atoms with Crippen molar-refractivity contribution < 1.29 is 0 Å². The van der Waals surface area contributed by atoms with Crippen LogP contribution in [0.5, 0.6) is 0 Å². The third kappa shape index (κ3) is 4.04. The minimum atomic E-state index is 0.726. The molecule has 1 fully saturated rings. The Bertz CT molecular complexity index is 351. The molecule has 1 aromatic heterocycles. The van der Waals surface area contributed by atoms with Gasteiger partial charge in [0, 0.05) is 18.0 Å². The number of hydrogen-bond donors (Lipinski definition) is 1. The van der Waals surface area contributed by atoms with Gasteiger partial charge in [-0.25, -0.2) is 4.98 Å². The zero-order chi connectivity index (χ0) is 12.8. The van der Waals surface area contributed by atoms with Gasteiger partial charge in [-0.2, -0.15) is 0 Å². The van der Waals surface area contributed by atoms with Gasteiger partial charge in [0.25, 0.3) is 0 Å². The summed E-state index contributed by atoms with van der Waals surface area (Å²) in [7, 11) is 0. The summed E-state index contributed by atoms with van der Waals surface area (Å²) < 4.78 is 0. The second-order valence-electron chi connectivity index (χ2n) is 5.22. The molecule has 1 aliphatic rings. The minimum Gasteiger partial charge on any atom is -0.311 e. The summed E-state index contributed by atoms with van der Waals surface area (Å²) in [5.41, 5.74) is 1.20. The van der Waals surface area contributed by atoms with Crippen molar-refractivity contribution in [3.05, 3.63) is 16.1 Å². The monoisotopic (exact) mass is 267 g/mol. The van der Waals surface area contributed by atoms with Crippen LogP contribution in [0.4, 0.5) is 0 Å². The van der Waals surface area contributed by atoms with Crippen molar-refractivity contribution in [1.29, 1.82) is 0 Å². The van der Waals surface area contributed by atoms with E-state index in [0.29, 0.717) is 0 Å². The molecule has 1 aliphatic heterocycles. The van der Waals surface area contributed by atoms with E-state index < -0.39 is 0 Å². The van der Waals surface area contributed by atoms with E-state index in [1.165, 1.54) is 42.9 Å². The Labute approximate surface area is 115 Å². The highest BCUT2D eigenvalue weighted by molar-refractivity contribution is 7.09. The molecule has 1 atom stereocenters. The fraction of sp³-hybridized carbons (Fsp3) is 0.786. The quantitative estimate of drug-likeness (QED) is 0.803. The van der Waals surface area contributed by atoms with Gasteiger partial charge in [0.05, 0.1) is 12.2 Å². The summed E-state index contributed by atoms with van der Waals surface area (Å²) in [6.07, 6.45) is 5.26. The van der Waals surface area contributed by atoms with Gasteiger partial charge < -0.3 is 5.32 Å². The van der Waals surface area contributed by atoms with Crippen molar-refractivity contribution in [2.45, 2.75) is 58.7 Å². The van der Waals surface area contributed by atoms with Crippen molar-refractivity contribution in [2.24, 2.45) is 0 Å². The average Bonchev–Trinajstić information content (AvgIpc) is 2.80. The number of thiazole rings is 1. The lowest BCUT2D eigenvalue weighted by atomic mass is 10.0. The van der Waals surface area contributed by atoms with Crippen LogP contribution in [0, 0.1) is 0 Å². The number of hydrogen-bond acceptors (Lipinski definition) is 4. The van der Waals surface area contributed by atoms with Crippen molar-refractivity contribution in [2.75, 3.05) is 13.1 Å². The molecule has 102 valence electrons. The molecule has 4 heteroatoms. The molecule has 0 amide bonds. The molecule has 0 aliphatic carbocycles. The maximum Gasteiger partial charge on any atom is 0.107 e. The molecule has 1 saturated heterocycles. The predicted octanol–water partition coefficient (Wildman–Crippen LogP) is 3.02. The maximum atomic E-state index is 4.72. The van der Waals surface area contributed by atoms with Crippen LogP contribution < -0.4 is 5.32 Å². The number of likely N-dealkylation sites (tertiary alicyclic amines) is 1. The van der Waals surface area contributed by atoms with Crippen LogP contribution >= 0.6 is 11.3 Å². The van der Waals surface area contributed by atoms with Gasteiger partial charge >= 0.3 is 0 Å². The largest absolute Gasteiger partial charge is 0.311 e. The number of nitrogens with zero attached hydrogens (tertiary/aromatic N) is 2. The van der Waals surface area contributed by atoms with Gasteiger partial charge in [0.1, 0.15) is 5.01 Å². The predicted molar refractivity (Wildman–Crippen MR) is 77.8 cm³/mol. The summed E-state index contributed by atoms with van der Waals surface area (Å²) in [6, 6.07) is 0.726. The molecule has 0 spiro atoms. The molecule has 1 aromatic rings. The number of nitrogens with one attached hydrogen (secondary N) is 1. The summed E-state index contributed by atoms with van der Waals surface area (Å²) in [6.45, 7) is 8.81. The van der Waals surface area contributed by atoms with Crippen LogP contribution in [0.25, 0.3) is 0 Å². The highest BCUT2D eigenvalue weighted by Gasteiger charge is 2.19. The van der Waals surface area contributed by atoms with E-state index in [4.69, 9.17) is 4.98 Å². The standard InChI is InChI=1S/C14H25N3S/c1-3-7-15-9-13-11-18-14(16-13)10-17-8-5-4-6-12(17)2/h11-12,15H,3-10H2,1-2H3. The molecule has 2 heterocycles. The Morgan fingerprint density at radius 2 is 2.39 bits per heavy atom. The van der Waals surface area contributed by atoms with Crippen LogP contribution in [0.1, 0.15) is 50.2 Å². The van der Waals surface area contributed by atoms with E-state index in [1.54, 1.807) is 0 Å². The molecule has 18 heavy (non-hydrogen) atoms. The van der Waals surface area contributed by atoms with Gasteiger partial charge in [0.15, 0.2) is 0 Å². The number of aromatic nitrogens is 1. The molecule has 0 aromatic carbocycles. The second kappa shape index (κ2) is 7.22. The Kier molecular flexibility index (Phi) is 5.60. The van der Waals surface area contributed by atoms with Crippen LogP contribution in [-0.2, 0) is 13.1 Å². The molecule has 0 radical (unpaired) electrons. The first-order valence-corrected chi connectivity index (χ1v) is 8.05. The van der Waals surface area contributed by atoms with Gasteiger partial charge in [-0.3, -0.25) is 4.90 Å². The zero-order valence-electron chi connectivity index (χ0n) is 11.6. The third-order valence-electron chi connectivity index (χ3n) is 3.61. The van der Waals surface area contributed by atoms with Crippen molar-refractivity contribution in [3.63, 3.8) is 0 Å². The lowest BCUT2D eigenvalue weighted by molar-refractivity contribution is 0.152. The first-order valence-electron chi connectivity index (χ1n) is 7.17. The van der Waals surface area contributed by atoms with E-state index in [0.717, 1.165) is 25.7 Å². The minimum absolute atomic E-state index is 0.726. The van der Waals surface area contributed by atoms with Crippen LogP contribution in [0.2, 0.25) is 0 Å². The van der Waals surface area contributed by atoms with Crippen molar-refractivity contribution in [3.8, 4) is 0 Å². The molecule has 3 nitrogen and oxygen atoms in total. The SMILES string of the molecule is CCCNCc1csc(CN2CCCCC2C)n1. The van der Waals surface area contributed by atoms with E-state index in [1.807, 2.05) is 11.3 Å². The molecule has 0 saturated carbocycles. The van der Waals surface area contributed by atoms with E-state index in [2.05, 4.69) is 29.4 Å². The molecule has 2 rings (SSSR count). The molecule has 1 N–H and O–H groups in total. The normalized spacial score (nSPS) is 21.3. The maximum absolute atomic E-state index is 4.72. The third-order valence-corrected chi connectivity index (χ3v) is 4.49. The molecule has 0 bridgehead atoms. The lowest BCUT2D eigenvalue weighted by Gasteiger charge is -2.32. The smallest absolute Gasteiger partial charge is 0.107 e. The van der Waals surface area contributed by atoms with Gasteiger partial charge in [-0.15, -0.1) is 11.3 Å². The van der Waals surface area contributed by atoms with E-state index >= 15 is 0 Å².